The molecule has 162 valence electrons. The highest BCUT2D eigenvalue weighted by Gasteiger charge is 2.32. The smallest absolute Gasteiger partial charge is 0.407 e. The van der Waals surface area contributed by atoms with E-state index in [9.17, 15) is 19.2 Å². The van der Waals surface area contributed by atoms with E-state index in [1.54, 1.807) is 65.8 Å². The van der Waals surface area contributed by atoms with Gasteiger partial charge in [0.15, 0.2) is 11.6 Å². The zero-order valence-corrected chi connectivity index (χ0v) is 18.2. The van der Waals surface area contributed by atoms with E-state index in [0.717, 1.165) is 0 Å². The van der Waals surface area contributed by atoms with E-state index < -0.39 is 23.4 Å². The summed E-state index contributed by atoms with van der Waals surface area (Å²) in [5, 5.41) is 5.02. The van der Waals surface area contributed by atoms with E-state index in [0.29, 0.717) is 0 Å². The number of carbonyl (C=O) groups excluding carboxylic acids is 4. The summed E-state index contributed by atoms with van der Waals surface area (Å²) in [6.07, 6.45) is -1.43. The first-order valence-corrected chi connectivity index (χ1v) is 9.62. The van der Waals surface area contributed by atoms with Gasteiger partial charge in [-0.25, -0.2) is 9.59 Å². The van der Waals surface area contributed by atoms with Gasteiger partial charge < -0.3 is 20.1 Å². The zero-order chi connectivity index (χ0) is 22.7. The van der Waals surface area contributed by atoms with Crippen molar-refractivity contribution in [2.45, 2.75) is 52.7 Å². The van der Waals surface area contributed by atoms with Crippen LogP contribution in [-0.4, -0.2) is 48.0 Å². The Labute approximate surface area is 176 Å². The first-order chi connectivity index (χ1) is 13.8. The van der Waals surface area contributed by atoms with Gasteiger partial charge in [0.05, 0.1) is 13.1 Å². The van der Waals surface area contributed by atoms with Crippen molar-refractivity contribution in [1.29, 1.82) is 0 Å². The Balaban J connectivity index is 2.28. The van der Waals surface area contributed by atoms with Crippen molar-refractivity contribution in [2.24, 2.45) is 0 Å². The Kier molecular flexibility index (Phi) is 6.70. The number of ketones is 2. The van der Waals surface area contributed by atoms with Crippen LogP contribution in [0.5, 0.6) is 0 Å². The Bertz CT molecular complexity index is 830. The fraction of sp³-hybridized carbons (Fsp3) is 0.455. The molecule has 1 aromatic carbocycles. The van der Waals surface area contributed by atoms with Gasteiger partial charge in [0.2, 0.25) is 0 Å². The number of fused-ring (bicyclic) bond motifs is 1. The highest BCUT2D eigenvalue weighted by Crippen LogP contribution is 2.26. The molecule has 30 heavy (non-hydrogen) atoms. The fourth-order valence-electron chi connectivity index (χ4n) is 2.80. The molecule has 0 bridgehead atoms. The van der Waals surface area contributed by atoms with Crippen LogP contribution in [0, 0.1) is 0 Å². The van der Waals surface area contributed by atoms with Gasteiger partial charge >= 0.3 is 12.2 Å². The van der Waals surface area contributed by atoms with Crippen LogP contribution in [0.15, 0.2) is 35.4 Å². The maximum Gasteiger partial charge on any atom is 0.407 e. The predicted molar refractivity (Wildman–Crippen MR) is 111 cm³/mol. The number of rotatable bonds is 4. The van der Waals surface area contributed by atoms with Gasteiger partial charge in [-0.05, 0) is 41.5 Å². The second-order valence-electron chi connectivity index (χ2n) is 8.87. The van der Waals surface area contributed by atoms with Crippen molar-refractivity contribution in [3.8, 4) is 0 Å². The molecule has 0 aromatic heterocycles. The summed E-state index contributed by atoms with van der Waals surface area (Å²) < 4.78 is 10.4. The van der Waals surface area contributed by atoms with Crippen LogP contribution in [0.3, 0.4) is 0 Å². The highest BCUT2D eigenvalue weighted by atomic mass is 16.6. The molecular formula is C22H28N2O6. The van der Waals surface area contributed by atoms with Gasteiger partial charge in [-0.3, -0.25) is 9.59 Å². The SMILES string of the molecule is CC(C)(C)OC(=O)NCC1=C(CNC(=O)OC(C)(C)C)C(=O)c2ccccc2C1=O. The standard InChI is InChI=1S/C22H28N2O6/c1-21(2,3)29-19(27)23-11-15-16(12-24-20(28)30-22(4,5)6)18(26)14-10-8-7-9-13(14)17(15)25/h7-10H,11-12H2,1-6H3,(H,23,27)(H,24,28). The molecule has 2 amide bonds. The van der Waals surface area contributed by atoms with Gasteiger partial charge in [0, 0.05) is 22.3 Å². The predicted octanol–water partition coefficient (Wildman–Crippen LogP) is 3.41. The van der Waals surface area contributed by atoms with E-state index in [1.807, 2.05) is 0 Å². The van der Waals surface area contributed by atoms with Crippen LogP contribution in [0.25, 0.3) is 0 Å². The van der Waals surface area contributed by atoms with Crippen LogP contribution >= 0.6 is 0 Å². The molecule has 2 rings (SSSR count). The number of nitrogens with one attached hydrogen (secondary N) is 2. The third-order valence-corrected chi connectivity index (χ3v) is 3.95. The molecular weight excluding hydrogens is 388 g/mol. The second kappa shape index (κ2) is 8.69. The molecule has 0 aliphatic heterocycles. The Morgan fingerprint density at radius 3 is 1.37 bits per heavy atom. The second-order valence-corrected chi connectivity index (χ2v) is 8.87. The minimum atomic E-state index is -0.714. The lowest BCUT2D eigenvalue weighted by Gasteiger charge is -2.24. The molecule has 0 fully saturated rings. The Hall–Kier alpha value is -3.16. The van der Waals surface area contributed by atoms with Gasteiger partial charge in [0.1, 0.15) is 11.2 Å². The fourth-order valence-corrected chi connectivity index (χ4v) is 2.80. The molecule has 0 atom stereocenters. The van der Waals surface area contributed by atoms with Crippen molar-refractivity contribution in [3.05, 3.63) is 46.5 Å². The van der Waals surface area contributed by atoms with Gasteiger partial charge in [-0.15, -0.1) is 0 Å². The summed E-state index contributed by atoms with van der Waals surface area (Å²) >= 11 is 0. The molecule has 8 heteroatoms. The van der Waals surface area contributed by atoms with Crippen molar-refractivity contribution >= 4 is 23.8 Å². The summed E-state index contributed by atoms with van der Waals surface area (Å²) in [7, 11) is 0. The maximum absolute atomic E-state index is 13.0. The molecule has 0 spiro atoms. The molecule has 0 saturated carbocycles. The third kappa shape index (κ3) is 6.17. The minimum Gasteiger partial charge on any atom is -0.444 e. The number of carbonyl (C=O) groups is 4. The normalized spacial score (nSPS) is 14.2. The number of Topliss-reactive ketones (excluding diaryl/α,β-unsaturated/α-hetero) is 2. The molecule has 8 nitrogen and oxygen atoms in total. The first kappa shape index (κ1) is 23.1. The highest BCUT2D eigenvalue weighted by molar-refractivity contribution is 6.27. The monoisotopic (exact) mass is 416 g/mol. The van der Waals surface area contributed by atoms with E-state index in [1.165, 1.54) is 0 Å². The lowest BCUT2D eigenvalue weighted by atomic mass is 9.84. The lowest BCUT2D eigenvalue weighted by Crippen LogP contribution is -2.39. The molecule has 1 aromatic rings. The van der Waals surface area contributed by atoms with E-state index in [-0.39, 0.29) is 46.9 Å². The van der Waals surface area contributed by atoms with E-state index >= 15 is 0 Å². The number of benzene rings is 1. The topological polar surface area (TPSA) is 111 Å². The molecule has 1 aliphatic rings. The number of amides is 2. The van der Waals surface area contributed by atoms with Gasteiger partial charge in [-0.1, -0.05) is 24.3 Å². The molecule has 2 N–H and O–H groups in total. The van der Waals surface area contributed by atoms with Crippen LogP contribution < -0.4 is 10.6 Å². The summed E-state index contributed by atoms with van der Waals surface area (Å²) in [5.74, 6) is -0.774. The van der Waals surface area contributed by atoms with Crippen molar-refractivity contribution in [1.82, 2.24) is 10.6 Å². The largest absolute Gasteiger partial charge is 0.444 e. The molecule has 0 heterocycles. The minimum absolute atomic E-state index is 0.0978. The van der Waals surface area contributed by atoms with Crippen LogP contribution in [0.1, 0.15) is 62.3 Å². The average molecular weight is 416 g/mol. The molecule has 0 radical (unpaired) electrons. The van der Waals surface area contributed by atoms with Crippen LogP contribution in [0.4, 0.5) is 9.59 Å². The molecule has 0 saturated heterocycles. The van der Waals surface area contributed by atoms with Gasteiger partial charge in [0.25, 0.3) is 0 Å². The number of hydrogen-bond acceptors (Lipinski definition) is 6. The van der Waals surface area contributed by atoms with Gasteiger partial charge in [-0.2, -0.15) is 0 Å². The summed E-state index contributed by atoms with van der Waals surface area (Å²) in [6, 6.07) is 6.43. The summed E-state index contributed by atoms with van der Waals surface area (Å²) in [6.45, 7) is 9.88. The number of alkyl carbamates (subject to hydrolysis) is 2. The summed E-state index contributed by atoms with van der Waals surface area (Å²) in [5.41, 5.74) is -0.716. The van der Waals surface area contributed by atoms with Crippen LogP contribution in [0.2, 0.25) is 0 Å². The first-order valence-electron chi connectivity index (χ1n) is 9.62. The quantitative estimate of drug-likeness (QED) is 0.778. The third-order valence-electron chi connectivity index (χ3n) is 3.95. The van der Waals surface area contributed by atoms with E-state index in [4.69, 9.17) is 9.47 Å². The lowest BCUT2D eigenvalue weighted by molar-refractivity contribution is 0.0517. The maximum atomic E-state index is 13.0. The average Bonchev–Trinajstić information content (AvgIpc) is 2.59. The van der Waals surface area contributed by atoms with Crippen LogP contribution in [-0.2, 0) is 9.47 Å². The zero-order valence-electron chi connectivity index (χ0n) is 18.2. The van der Waals surface area contributed by atoms with Crippen molar-refractivity contribution in [3.63, 3.8) is 0 Å². The molecule has 0 unspecified atom stereocenters. The summed E-state index contributed by atoms with van der Waals surface area (Å²) in [4.78, 5) is 50.0. The van der Waals surface area contributed by atoms with E-state index in [2.05, 4.69) is 10.6 Å². The van der Waals surface area contributed by atoms with Crippen molar-refractivity contribution < 1.29 is 28.7 Å². The number of ether oxygens (including phenoxy) is 2. The van der Waals surface area contributed by atoms with Crippen molar-refractivity contribution in [2.75, 3.05) is 13.1 Å². The Morgan fingerprint density at radius 2 is 1.07 bits per heavy atom. The number of hydrogen-bond donors (Lipinski definition) is 2. The Morgan fingerprint density at radius 1 is 0.733 bits per heavy atom. The molecule has 1 aliphatic carbocycles.